The minimum atomic E-state index is 0.138. The maximum absolute atomic E-state index is 5.20. The van der Waals surface area contributed by atoms with E-state index in [2.05, 4.69) is 100.0 Å². The van der Waals surface area contributed by atoms with Gasteiger partial charge in [-0.1, -0.05) is 101 Å². The van der Waals surface area contributed by atoms with Crippen LogP contribution in [0.15, 0.2) is 89.6 Å². The smallest absolute Gasteiger partial charge is 0.105 e. The molecule has 0 saturated heterocycles. The van der Waals surface area contributed by atoms with Gasteiger partial charge in [-0.15, -0.1) is 0 Å². The van der Waals surface area contributed by atoms with Gasteiger partial charge >= 0.3 is 0 Å². The van der Waals surface area contributed by atoms with Crippen LogP contribution in [0.1, 0.15) is 70.0 Å². The molecule has 0 unspecified atom stereocenters. The van der Waals surface area contributed by atoms with Gasteiger partial charge in [0.1, 0.15) is 5.84 Å². The largest absolute Gasteiger partial charge is 0.352 e. The molecule has 29 heavy (non-hydrogen) atoms. The summed E-state index contributed by atoms with van der Waals surface area (Å²) in [7, 11) is 2.18. The first kappa shape index (κ1) is 22.7. The topological polar surface area (TPSA) is 15.6 Å². The molecule has 0 aliphatic heterocycles. The summed E-state index contributed by atoms with van der Waals surface area (Å²) in [6, 6.07) is 21.6. The number of hydrogen-bond acceptors (Lipinski definition) is 1. The zero-order valence-electron chi connectivity index (χ0n) is 18.6. The van der Waals surface area contributed by atoms with Gasteiger partial charge in [0, 0.05) is 19.2 Å². The molecule has 0 fully saturated rings. The Morgan fingerprint density at radius 3 is 1.83 bits per heavy atom. The van der Waals surface area contributed by atoms with Crippen molar-refractivity contribution in [2.75, 3.05) is 7.05 Å². The van der Waals surface area contributed by atoms with E-state index in [1.165, 1.54) is 16.7 Å². The van der Waals surface area contributed by atoms with Crippen LogP contribution < -0.4 is 0 Å². The summed E-state index contributed by atoms with van der Waals surface area (Å²) < 4.78 is 0. The molecule has 0 N–H and O–H groups in total. The van der Waals surface area contributed by atoms with E-state index in [4.69, 9.17) is 4.99 Å². The quantitative estimate of drug-likeness (QED) is 0.233. The van der Waals surface area contributed by atoms with E-state index >= 15 is 0 Å². The van der Waals surface area contributed by atoms with Crippen molar-refractivity contribution in [3.8, 4) is 0 Å². The lowest BCUT2D eigenvalue weighted by Crippen LogP contribution is -2.32. The van der Waals surface area contributed by atoms with Gasteiger partial charge in [-0.3, -0.25) is 0 Å². The van der Waals surface area contributed by atoms with Gasteiger partial charge in [0.05, 0.1) is 6.04 Å². The molecule has 0 aliphatic rings. The molecule has 0 heterocycles. The number of amidine groups is 1. The fourth-order valence-electron chi connectivity index (χ4n) is 3.76. The van der Waals surface area contributed by atoms with Crippen molar-refractivity contribution in [1.82, 2.24) is 4.90 Å². The van der Waals surface area contributed by atoms with Crippen molar-refractivity contribution in [3.05, 3.63) is 95.7 Å². The first-order valence-corrected chi connectivity index (χ1v) is 10.9. The van der Waals surface area contributed by atoms with E-state index in [0.29, 0.717) is 0 Å². The monoisotopic (exact) mass is 388 g/mol. The van der Waals surface area contributed by atoms with Crippen molar-refractivity contribution in [2.45, 2.75) is 58.9 Å². The van der Waals surface area contributed by atoms with Crippen molar-refractivity contribution in [2.24, 2.45) is 4.99 Å². The van der Waals surface area contributed by atoms with Crippen LogP contribution in [0.5, 0.6) is 0 Å². The summed E-state index contributed by atoms with van der Waals surface area (Å²) in [5, 5.41) is 0. The molecule has 0 radical (unpaired) electrons. The fraction of sp³-hybridized carbons (Fsp3) is 0.370. The third-order valence-corrected chi connectivity index (χ3v) is 5.23. The normalized spacial score (nSPS) is 12.7. The van der Waals surface area contributed by atoms with Crippen LogP contribution in [0.3, 0.4) is 0 Å². The SMILES string of the molecule is C=C/C(CCC)=C(/CC)N=C(CCC)N(C)C(c1ccccc1)c1ccccc1. The molecule has 0 saturated carbocycles. The van der Waals surface area contributed by atoms with Gasteiger partial charge in [-0.25, -0.2) is 4.99 Å². The number of nitrogens with zero attached hydrogens (tertiary/aromatic N) is 2. The molecule has 2 rings (SSSR count). The Morgan fingerprint density at radius 2 is 1.41 bits per heavy atom. The highest BCUT2D eigenvalue weighted by molar-refractivity contribution is 5.84. The van der Waals surface area contributed by atoms with Gasteiger partial charge in [-0.05, 0) is 36.0 Å². The number of rotatable bonds is 10. The van der Waals surface area contributed by atoms with Crippen LogP contribution in [-0.2, 0) is 0 Å². The van der Waals surface area contributed by atoms with E-state index < -0.39 is 0 Å². The van der Waals surface area contributed by atoms with E-state index in [1.807, 2.05) is 6.08 Å². The Kier molecular flexibility index (Phi) is 9.43. The van der Waals surface area contributed by atoms with Crippen LogP contribution >= 0.6 is 0 Å². The third kappa shape index (κ3) is 6.19. The zero-order valence-corrected chi connectivity index (χ0v) is 18.6. The maximum Gasteiger partial charge on any atom is 0.105 e. The molecular formula is C27H36N2. The predicted molar refractivity (Wildman–Crippen MR) is 127 cm³/mol. The molecule has 2 aromatic rings. The minimum Gasteiger partial charge on any atom is -0.352 e. The molecule has 0 bridgehead atoms. The first-order valence-electron chi connectivity index (χ1n) is 10.9. The van der Waals surface area contributed by atoms with Crippen LogP contribution in [-0.4, -0.2) is 17.8 Å². The average Bonchev–Trinajstić information content (AvgIpc) is 2.77. The highest BCUT2D eigenvalue weighted by atomic mass is 15.2. The van der Waals surface area contributed by atoms with Crippen molar-refractivity contribution < 1.29 is 0 Å². The molecule has 0 amide bonds. The lowest BCUT2D eigenvalue weighted by Gasteiger charge is -2.32. The molecule has 2 nitrogen and oxygen atoms in total. The molecule has 2 aromatic carbocycles. The third-order valence-electron chi connectivity index (χ3n) is 5.23. The molecule has 154 valence electrons. The summed E-state index contributed by atoms with van der Waals surface area (Å²) >= 11 is 0. The van der Waals surface area contributed by atoms with E-state index in [9.17, 15) is 0 Å². The predicted octanol–water partition coefficient (Wildman–Crippen LogP) is 7.56. The van der Waals surface area contributed by atoms with Gasteiger partial charge in [0.2, 0.25) is 0 Å². The Labute approximate surface area is 177 Å². The highest BCUT2D eigenvalue weighted by Crippen LogP contribution is 2.29. The molecule has 0 aromatic heterocycles. The summed E-state index contributed by atoms with van der Waals surface area (Å²) in [5.41, 5.74) is 5.00. The van der Waals surface area contributed by atoms with Gasteiger partial charge in [0.25, 0.3) is 0 Å². The molecule has 0 spiro atoms. The van der Waals surface area contributed by atoms with Crippen LogP contribution in [0.4, 0.5) is 0 Å². The van der Waals surface area contributed by atoms with Crippen molar-refractivity contribution in [3.63, 3.8) is 0 Å². The van der Waals surface area contributed by atoms with Crippen LogP contribution in [0, 0.1) is 0 Å². The number of allylic oxidation sites excluding steroid dienone is 3. The number of benzene rings is 2. The molecule has 2 heteroatoms. The Hall–Kier alpha value is -2.61. The van der Waals surface area contributed by atoms with Gasteiger partial charge < -0.3 is 4.90 Å². The zero-order chi connectivity index (χ0) is 21.1. The second-order valence-corrected chi connectivity index (χ2v) is 7.39. The second kappa shape index (κ2) is 12.1. The lowest BCUT2D eigenvalue weighted by molar-refractivity contribution is 0.417. The molecular weight excluding hydrogens is 352 g/mol. The Bertz CT molecular complexity index is 763. The van der Waals surface area contributed by atoms with E-state index in [1.54, 1.807) is 0 Å². The summed E-state index contributed by atoms with van der Waals surface area (Å²) in [5.74, 6) is 1.14. The van der Waals surface area contributed by atoms with Crippen LogP contribution in [0.25, 0.3) is 0 Å². The Morgan fingerprint density at radius 1 is 0.897 bits per heavy atom. The van der Waals surface area contributed by atoms with Gasteiger partial charge in [0.15, 0.2) is 0 Å². The minimum absolute atomic E-state index is 0.138. The summed E-state index contributed by atoms with van der Waals surface area (Å²) in [4.78, 5) is 7.55. The number of hydrogen-bond donors (Lipinski definition) is 0. The maximum atomic E-state index is 5.20. The van der Waals surface area contributed by atoms with E-state index in [0.717, 1.165) is 43.6 Å². The lowest BCUT2D eigenvalue weighted by atomic mass is 9.97. The Balaban J connectivity index is 2.55. The number of aliphatic imine (C=N–C) groups is 1. The fourth-order valence-corrected chi connectivity index (χ4v) is 3.76. The van der Waals surface area contributed by atoms with Crippen molar-refractivity contribution in [1.29, 1.82) is 0 Å². The highest BCUT2D eigenvalue weighted by Gasteiger charge is 2.22. The summed E-state index contributed by atoms with van der Waals surface area (Å²) in [6.07, 6.45) is 7.06. The van der Waals surface area contributed by atoms with Gasteiger partial charge in [-0.2, -0.15) is 0 Å². The summed E-state index contributed by atoms with van der Waals surface area (Å²) in [6.45, 7) is 10.7. The van der Waals surface area contributed by atoms with Crippen LogP contribution in [0.2, 0.25) is 0 Å². The second-order valence-electron chi connectivity index (χ2n) is 7.39. The van der Waals surface area contributed by atoms with Crippen molar-refractivity contribution >= 4 is 5.84 Å². The molecule has 0 atom stereocenters. The van der Waals surface area contributed by atoms with E-state index in [-0.39, 0.29) is 6.04 Å². The first-order chi connectivity index (χ1) is 14.2. The molecule has 0 aliphatic carbocycles. The standard InChI is InChI=1S/C27H36N2/c1-6-16-22(8-3)25(9-4)28-26(17-7-2)29(5)27(23-18-12-10-13-19-23)24-20-14-11-15-21-24/h8,10-15,18-21,27H,3,6-7,9,16-17H2,1-2,4-5H3/b25-22+,28-26?. The average molecular weight is 389 g/mol.